The molecule has 3 saturated heterocycles. The summed E-state index contributed by atoms with van der Waals surface area (Å²) in [7, 11) is 0. The van der Waals surface area contributed by atoms with Crippen LogP contribution in [-0.4, -0.2) is 151 Å². The highest BCUT2D eigenvalue weighted by molar-refractivity contribution is 6.36. The largest absolute Gasteiger partial charge is 0.508 e. The Bertz CT molecular complexity index is 2750. The molecule has 18 nitrogen and oxygen atoms in total. The first kappa shape index (κ1) is 52.2. The number of aliphatic imine (C=N–C) groups is 2. The number of fused-ring (bicyclic) bond motifs is 1. The number of likely N-dealkylation sites (tertiary alicyclic amines) is 2. The van der Waals surface area contributed by atoms with Crippen molar-refractivity contribution in [2.45, 2.75) is 58.4 Å². The number of anilines is 2. The molecule has 0 aliphatic carbocycles. The van der Waals surface area contributed by atoms with E-state index in [1.807, 2.05) is 42.2 Å². The van der Waals surface area contributed by atoms with E-state index in [0.717, 1.165) is 95.3 Å². The van der Waals surface area contributed by atoms with Crippen molar-refractivity contribution in [1.29, 1.82) is 5.41 Å². The molecule has 0 atom stereocenters. The fourth-order valence-electron chi connectivity index (χ4n) is 10.5. The predicted octanol–water partition coefficient (Wildman–Crippen LogP) is 5.66. The van der Waals surface area contributed by atoms with E-state index in [9.17, 15) is 29.4 Å². The number of amides is 5. The molecule has 4 aliphatic heterocycles. The van der Waals surface area contributed by atoms with Crippen LogP contribution in [0.15, 0.2) is 94.1 Å². The van der Waals surface area contributed by atoms with E-state index in [1.54, 1.807) is 17.0 Å². The van der Waals surface area contributed by atoms with Crippen molar-refractivity contribution >= 4 is 76.0 Å². The maximum absolute atomic E-state index is 13.7. The van der Waals surface area contributed by atoms with Gasteiger partial charge in [-0.1, -0.05) is 54.9 Å². The Kier molecular flexibility index (Phi) is 17.2. The van der Waals surface area contributed by atoms with Crippen LogP contribution in [0.1, 0.15) is 62.1 Å². The third-order valence-corrected chi connectivity index (χ3v) is 15.0. The number of phenols is 2. The number of nitrogens with zero attached hydrogens (tertiary/aromatic N) is 8. The third-order valence-electron chi connectivity index (χ3n) is 14.7. The molecule has 0 saturated carbocycles. The lowest BCUT2D eigenvalue weighted by atomic mass is 9.92. The van der Waals surface area contributed by atoms with Crippen LogP contribution >= 0.6 is 11.6 Å². The second-order valence-corrected chi connectivity index (χ2v) is 19.6. The second-order valence-electron chi connectivity index (χ2n) is 19.2. The summed E-state index contributed by atoms with van der Waals surface area (Å²) in [5, 5.41) is 35.2. The van der Waals surface area contributed by atoms with Gasteiger partial charge in [-0.2, -0.15) is 0 Å². The van der Waals surface area contributed by atoms with Crippen molar-refractivity contribution in [2.75, 3.05) is 88.3 Å². The van der Waals surface area contributed by atoms with E-state index in [2.05, 4.69) is 43.2 Å². The van der Waals surface area contributed by atoms with Gasteiger partial charge < -0.3 is 46.6 Å². The number of nitrogens with two attached hydrogens (primary N) is 2. The molecular weight excluding hydrogens is 948 g/mol. The highest BCUT2D eigenvalue weighted by Gasteiger charge is 2.32. The number of aryl methyl sites for hydroxylation is 1. The van der Waals surface area contributed by atoms with Gasteiger partial charge in [0.25, 0.3) is 0 Å². The lowest BCUT2D eigenvalue weighted by Gasteiger charge is -2.38. The summed E-state index contributed by atoms with van der Waals surface area (Å²) in [6, 6.07) is 21.0. The number of nitrogens with one attached hydrogen (secondary N) is 2. The van der Waals surface area contributed by atoms with E-state index >= 15 is 0 Å². The first-order valence-electron chi connectivity index (χ1n) is 25.3. The number of carbonyl (C=O) groups is 4. The quantitative estimate of drug-likeness (QED) is 0.0485. The van der Waals surface area contributed by atoms with Crippen LogP contribution in [0.25, 0.3) is 10.8 Å². The minimum absolute atomic E-state index is 0.0429. The molecule has 0 aromatic heterocycles. The number of hydrogen-bond donors (Lipinski definition) is 6. The van der Waals surface area contributed by atoms with Crippen LogP contribution in [0.2, 0.25) is 5.02 Å². The minimum atomic E-state index is -0.877. The van der Waals surface area contributed by atoms with E-state index in [0.29, 0.717) is 94.6 Å². The maximum atomic E-state index is 13.7. The van der Waals surface area contributed by atoms with E-state index in [4.69, 9.17) is 33.5 Å². The first-order valence-corrected chi connectivity index (χ1v) is 25.7. The Hall–Kier alpha value is -7.18. The van der Waals surface area contributed by atoms with Gasteiger partial charge in [-0.05, 0) is 104 Å². The number of hydrogen-bond acceptors (Lipinski definition) is 11. The fourth-order valence-corrected chi connectivity index (χ4v) is 10.8. The first-order chi connectivity index (χ1) is 35.3. The number of piperazine rings is 1. The van der Waals surface area contributed by atoms with Crippen molar-refractivity contribution in [2.24, 2.45) is 33.3 Å². The zero-order chi connectivity index (χ0) is 51.6. The monoisotopic (exact) mass is 1010 g/mol. The second kappa shape index (κ2) is 24.0. The van der Waals surface area contributed by atoms with Gasteiger partial charge in [0.05, 0.1) is 41.4 Å². The molecule has 0 unspecified atom stereocenters. The minimum Gasteiger partial charge on any atom is -0.508 e. The number of aromatic hydroxyl groups is 2. The standard InChI is InChI=1S/C54H67ClN12O6/c1-2-38-29-43(48(70)30-47(38)69)51(57)67(54(58)73)41-11-9-37(10-12-41)32-62-20-16-40(17-21-62)53(72)65-22-14-36(15-23-65)31-60-49(71)13-19-59-52(64-27-25-63(35-68)26-28-64)42-18-24-66(33-45(42)61-34-56)46-8-4-6-39-5-3-7-44(55)50(39)46/h3-12,29-30,34-36,40,57,69-70H,2,13-28,31-33H2,1H3,(H2,56,61)(H2,58,73)(H,60,71). The number of urea groups is 1. The molecule has 5 amide bonds. The Balaban J connectivity index is 0.795. The molecule has 386 valence electrons. The van der Waals surface area contributed by atoms with Gasteiger partial charge in [0.2, 0.25) is 18.2 Å². The molecule has 8 N–H and O–H groups in total. The Labute approximate surface area is 431 Å². The molecule has 8 rings (SSSR count). The van der Waals surface area contributed by atoms with Crippen molar-refractivity contribution in [1.82, 2.24) is 24.9 Å². The molecule has 0 bridgehead atoms. The maximum Gasteiger partial charge on any atom is 0.325 e. The molecule has 4 aromatic carbocycles. The topological polar surface area (TPSA) is 241 Å². The number of halogens is 1. The number of rotatable bonds is 15. The Morgan fingerprint density at radius 2 is 1.60 bits per heavy atom. The van der Waals surface area contributed by atoms with Crippen LogP contribution in [0.5, 0.6) is 11.5 Å². The predicted molar refractivity (Wildman–Crippen MR) is 286 cm³/mol. The molecule has 73 heavy (non-hydrogen) atoms. The van der Waals surface area contributed by atoms with Crippen molar-refractivity contribution < 1.29 is 29.4 Å². The van der Waals surface area contributed by atoms with Crippen LogP contribution in [0, 0.1) is 17.2 Å². The van der Waals surface area contributed by atoms with Gasteiger partial charge in [0, 0.05) is 94.0 Å². The van der Waals surface area contributed by atoms with Gasteiger partial charge in [-0.25, -0.2) is 14.7 Å². The van der Waals surface area contributed by atoms with E-state index in [1.165, 1.54) is 12.4 Å². The molecule has 4 aromatic rings. The molecular formula is C54H67ClN12O6. The molecule has 4 aliphatic rings. The SMILES string of the molecule is CCc1cc(C(=N)N(C(N)=O)c2ccc(CN3CCC(C(=O)N4CCC(CNC(=O)CCN=C(C5=C(N=CN)CN(c6cccc7cccc(Cl)c67)CC5)N5CCN(C=O)CC5)CC4)CC3)cc2)c(O)cc1O. The molecule has 19 heteroatoms. The molecule has 0 radical (unpaired) electrons. The van der Waals surface area contributed by atoms with Crippen LogP contribution in [0.3, 0.4) is 0 Å². The van der Waals surface area contributed by atoms with Crippen LogP contribution in [0.4, 0.5) is 16.2 Å². The summed E-state index contributed by atoms with van der Waals surface area (Å²) in [6.07, 6.45) is 6.69. The van der Waals surface area contributed by atoms with Crippen molar-refractivity contribution in [3.8, 4) is 11.5 Å². The summed E-state index contributed by atoms with van der Waals surface area (Å²) in [6.45, 7) is 9.75. The zero-order valence-corrected chi connectivity index (χ0v) is 42.3. The summed E-state index contributed by atoms with van der Waals surface area (Å²) < 4.78 is 0. The number of amidine groups is 2. The summed E-state index contributed by atoms with van der Waals surface area (Å²) >= 11 is 6.72. The molecule has 4 heterocycles. The average Bonchev–Trinajstić information content (AvgIpc) is 3.40. The lowest BCUT2D eigenvalue weighted by molar-refractivity contribution is -0.138. The third kappa shape index (κ3) is 12.4. The average molecular weight is 1020 g/mol. The lowest BCUT2D eigenvalue weighted by Crippen LogP contribution is -2.49. The zero-order valence-electron chi connectivity index (χ0n) is 41.5. The van der Waals surface area contributed by atoms with Crippen molar-refractivity contribution in [3.05, 3.63) is 106 Å². The highest BCUT2D eigenvalue weighted by Crippen LogP contribution is 2.36. The van der Waals surface area contributed by atoms with Gasteiger partial charge in [0.1, 0.15) is 23.2 Å². The van der Waals surface area contributed by atoms with Crippen LogP contribution < -0.4 is 26.6 Å². The van der Waals surface area contributed by atoms with Gasteiger partial charge in [-0.15, -0.1) is 0 Å². The number of phenolic OH excluding ortho intramolecular Hbond substituents is 2. The molecule has 3 fully saturated rings. The van der Waals surface area contributed by atoms with Gasteiger partial charge in [-0.3, -0.25) is 29.7 Å². The summed E-state index contributed by atoms with van der Waals surface area (Å²) in [5.41, 5.74) is 16.4. The van der Waals surface area contributed by atoms with E-state index in [-0.39, 0.29) is 59.5 Å². The number of carbonyl (C=O) groups excluding carboxylic acids is 4. The number of piperidine rings is 2. The normalized spacial score (nSPS) is 17.6. The highest BCUT2D eigenvalue weighted by atomic mass is 35.5. The summed E-state index contributed by atoms with van der Waals surface area (Å²) in [5.74, 6) is 0.426. The number of benzene rings is 4. The van der Waals surface area contributed by atoms with Gasteiger partial charge in [0.15, 0.2) is 0 Å². The van der Waals surface area contributed by atoms with Crippen LogP contribution in [-0.2, 0) is 27.3 Å². The fraction of sp³-hybridized carbons (Fsp3) is 0.426. The van der Waals surface area contributed by atoms with Crippen molar-refractivity contribution in [3.63, 3.8) is 0 Å². The number of primary amides is 1. The smallest absolute Gasteiger partial charge is 0.325 e. The van der Waals surface area contributed by atoms with E-state index < -0.39 is 6.03 Å². The Morgan fingerprint density at radius 1 is 0.890 bits per heavy atom. The molecule has 0 spiro atoms. The van der Waals surface area contributed by atoms with Gasteiger partial charge >= 0.3 is 6.03 Å². The Morgan fingerprint density at radius 3 is 2.27 bits per heavy atom. The summed E-state index contributed by atoms with van der Waals surface area (Å²) in [4.78, 5) is 72.4.